The van der Waals surface area contributed by atoms with E-state index in [1.165, 1.54) is 0 Å². The molecule has 0 atom stereocenters. The Kier molecular flexibility index (Phi) is 3.45. The van der Waals surface area contributed by atoms with Gasteiger partial charge < -0.3 is 10.1 Å². The highest BCUT2D eigenvalue weighted by Crippen LogP contribution is 2.32. The number of nitrogens with one attached hydrogen (secondary N) is 1. The van der Waals surface area contributed by atoms with Crippen LogP contribution in [-0.2, 0) is 6.54 Å². The Balaban J connectivity index is 2.63. The van der Waals surface area contributed by atoms with Gasteiger partial charge in [-0.3, -0.25) is 0 Å². The van der Waals surface area contributed by atoms with Crippen molar-refractivity contribution in [2.24, 2.45) is 0 Å². The van der Waals surface area contributed by atoms with Gasteiger partial charge in [-0.15, -0.1) is 11.3 Å². The van der Waals surface area contributed by atoms with E-state index >= 15 is 0 Å². The van der Waals surface area contributed by atoms with Crippen LogP contribution in [0.3, 0.4) is 0 Å². The third-order valence-corrected chi connectivity index (χ3v) is 3.68. The fourth-order valence-corrected chi connectivity index (χ4v) is 2.66. The maximum absolute atomic E-state index is 5.31. The quantitative estimate of drug-likeness (QED) is 0.903. The molecule has 0 saturated carbocycles. The maximum atomic E-state index is 5.31. The van der Waals surface area contributed by atoms with Gasteiger partial charge in [-0.2, -0.15) is 0 Å². The molecule has 3 nitrogen and oxygen atoms in total. The number of fused-ring (bicyclic) bond motifs is 1. The molecular formula is C13H16N2OS. The van der Waals surface area contributed by atoms with Crippen LogP contribution in [0, 0.1) is 0 Å². The number of methoxy groups -OCH3 is 1. The molecule has 0 amide bonds. The molecular weight excluding hydrogens is 232 g/mol. The lowest BCUT2D eigenvalue weighted by atomic mass is 10.2. The first kappa shape index (κ1) is 12.1. The molecule has 0 unspecified atom stereocenters. The molecule has 0 radical (unpaired) electrons. The highest BCUT2D eigenvalue weighted by Gasteiger charge is 2.10. The monoisotopic (exact) mass is 248 g/mol. The van der Waals surface area contributed by atoms with Crippen LogP contribution in [0.1, 0.15) is 17.5 Å². The summed E-state index contributed by atoms with van der Waals surface area (Å²) in [7, 11) is 3.61. The van der Waals surface area contributed by atoms with Crippen molar-refractivity contribution in [2.45, 2.75) is 13.5 Å². The summed E-state index contributed by atoms with van der Waals surface area (Å²) in [5, 5.41) is 4.14. The highest BCUT2D eigenvalue weighted by atomic mass is 32.1. The Morgan fingerprint density at radius 2 is 2.29 bits per heavy atom. The summed E-state index contributed by atoms with van der Waals surface area (Å²) in [6.45, 7) is 6.70. The number of thiazole rings is 1. The zero-order valence-electron chi connectivity index (χ0n) is 10.3. The summed E-state index contributed by atoms with van der Waals surface area (Å²) in [5.41, 5.74) is 3.20. The molecule has 2 rings (SSSR count). The molecule has 0 aliphatic carbocycles. The third-order valence-electron chi connectivity index (χ3n) is 2.52. The van der Waals surface area contributed by atoms with Gasteiger partial charge in [-0.25, -0.2) is 4.98 Å². The predicted molar refractivity (Wildman–Crippen MR) is 73.6 cm³/mol. The lowest BCUT2D eigenvalue weighted by Crippen LogP contribution is -2.05. The predicted octanol–water partition coefficient (Wildman–Crippen LogP) is 3.06. The topological polar surface area (TPSA) is 34.2 Å². The molecule has 0 bridgehead atoms. The van der Waals surface area contributed by atoms with Gasteiger partial charge in [-0.05, 0) is 37.2 Å². The van der Waals surface area contributed by atoms with E-state index in [0.717, 1.165) is 38.7 Å². The molecule has 0 aliphatic rings. The van der Waals surface area contributed by atoms with Crippen LogP contribution in [-0.4, -0.2) is 19.1 Å². The van der Waals surface area contributed by atoms with Crippen LogP contribution < -0.4 is 10.1 Å². The van der Waals surface area contributed by atoms with Crippen LogP contribution in [0.25, 0.3) is 15.8 Å². The van der Waals surface area contributed by atoms with Gasteiger partial charge in [-0.1, -0.05) is 6.58 Å². The molecule has 0 fully saturated rings. The highest BCUT2D eigenvalue weighted by molar-refractivity contribution is 7.19. The molecule has 4 heteroatoms. The lowest BCUT2D eigenvalue weighted by molar-refractivity contribution is 0.415. The number of rotatable bonds is 4. The largest absolute Gasteiger partial charge is 0.497 e. The standard InChI is InChI=1S/C13H16N2OS/c1-8(2)13-15-12-9(7-14-3)5-10(16-4)6-11(12)17-13/h5-6,14H,1,7H2,2-4H3. The maximum Gasteiger partial charge on any atom is 0.120 e. The van der Waals surface area contributed by atoms with E-state index in [4.69, 9.17) is 4.74 Å². The first-order valence-electron chi connectivity index (χ1n) is 5.43. The van der Waals surface area contributed by atoms with Gasteiger partial charge >= 0.3 is 0 Å². The zero-order chi connectivity index (χ0) is 12.4. The van der Waals surface area contributed by atoms with Gasteiger partial charge in [0.15, 0.2) is 0 Å². The summed E-state index contributed by atoms with van der Waals surface area (Å²) >= 11 is 1.66. The Labute approximate surface area is 105 Å². The number of hydrogen-bond acceptors (Lipinski definition) is 4. The lowest BCUT2D eigenvalue weighted by Gasteiger charge is -2.05. The van der Waals surface area contributed by atoms with Crippen molar-refractivity contribution < 1.29 is 4.74 Å². The average molecular weight is 248 g/mol. The first-order chi connectivity index (χ1) is 8.15. The normalized spacial score (nSPS) is 10.8. The summed E-state index contributed by atoms with van der Waals surface area (Å²) in [5.74, 6) is 0.875. The van der Waals surface area contributed by atoms with Crippen LogP contribution in [0.4, 0.5) is 0 Å². The zero-order valence-corrected chi connectivity index (χ0v) is 11.1. The van der Waals surface area contributed by atoms with E-state index in [2.05, 4.69) is 16.9 Å². The van der Waals surface area contributed by atoms with E-state index < -0.39 is 0 Å². The SMILES string of the molecule is C=C(C)c1nc2c(CNC)cc(OC)cc2s1. The molecule has 0 aliphatic heterocycles. The number of benzene rings is 1. The molecule has 1 heterocycles. The Hall–Kier alpha value is -1.39. The Morgan fingerprint density at radius 1 is 1.53 bits per heavy atom. The van der Waals surface area contributed by atoms with Crippen LogP contribution in [0.5, 0.6) is 5.75 Å². The molecule has 1 aromatic carbocycles. The van der Waals surface area contributed by atoms with Gasteiger partial charge in [0.25, 0.3) is 0 Å². The number of ether oxygens (including phenoxy) is 1. The van der Waals surface area contributed by atoms with Gasteiger partial charge in [0.2, 0.25) is 0 Å². The summed E-state index contributed by atoms with van der Waals surface area (Å²) in [6.07, 6.45) is 0. The summed E-state index contributed by atoms with van der Waals surface area (Å²) < 4.78 is 6.45. The summed E-state index contributed by atoms with van der Waals surface area (Å²) in [4.78, 5) is 4.63. The minimum absolute atomic E-state index is 0.785. The van der Waals surface area contributed by atoms with Crippen molar-refractivity contribution in [3.63, 3.8) is 0 Å². The van der Waals surface area contributed by atoms with Crippen molar-refractivity contribution >= 4 is 27.1 Å². The van der Waals surface area contributed by atoms with E-state index in [-0.39, 0.29) is 0 Å². The second kappa shape index (κ2) is 4.85. The molecule has 0 saturated heterocycles. The van der Waals surface area contributed by atoms with E-state index in [1.807, 2.05) is 26.1 Å². The third kappa shape index (κ3) is 2.33. The van der Waals surface area contributed by atoms with Crippen molar-refractivity contribution in [1.29, 1.82) is 0 Å². The minimum Gasteiger partial charge on any atom is -0.497 e. The fourth-order valence-electron chi connectivity index (χ4n) is 1.70. The van der Waals surface area contributed by atoms with E-state index in [1.54, 1.807) is 18.4 Å². The van der Waals surface area contributed by atoms with Crippen molar-refractivity contribution in [3.05, 3.63) is 29.3 Å². The molecule has 1 N–H and O–H groups in total. The second-order valence-corrected chi connectivity index (χ2v) is 4.99. The first-order valence-corrected chi connectivity index (χ1v) is 6.25. The van der Waals surface area contributed by atoms with Gasteiger partial charge in [0.1, 0.15) is 10.8 Å². The van der Waals surface area contributed by atoms with Gasteiger partial charge in [0, 0.05) is 6.54 Å². The van der Waals surface area contributed by atoms with Crippen LogP contribution >= 0.6 is 11.3 Å². The van der Waals surface area contributed by atoms with Crippen molar-refractivity contribution in [1.82, 2.24) is 10.3 Å². The Bertz CT molecular complexity index is 560. The molecule has 0 spiro atoms. The van der Waals surface area contributed by atoms with Crippen molar-refractivity contribution in [3.8, 4) is 5.75 Å². The number of nitrogens with zero attached hydrogens (tertiary/aromatic N) is 1. The molecule has 2 aromatic rings. The number of aromatic nitrogens is 1. The van der Waals surface area contributed by atoms with Gasteiger partial charge in [0.05, 0.1) is 17.3 Å². The summed E-state index contributed by atoms with van der Waals surface area (Å²) in [6, 6.07) is 4.05. The number of hydrogen-bond donors (Lipinski definition) is 1. The van der Waals surface area contributed by atoms with E-state index in [0.29, 0.717) is 0 Å². The minimum atomic E-state index is 0.785. The smallest absolute Gasteiger partial charge is 0.120 e. The molecule has 90 valence electrons. The second-order valence-electron chi connectivity index (χ2n) is 3.96. The fraction of sp³-hybridized carbons (Fsp3) is 0.308. The molecule has 17 heavy (non-hydrogen) atoms. The van der Waals surface area contributed by atoms with Crippen molar-refractivity contribution in [2.75, 3.05) is 14.2 Å². The number of allylic oxidation sites excluding steroid dienone is 1. The van der Waals surface area contributed by atoms with E-state index in [9.17, 15) is 0 Å². The van der Waals surface area contributed by atoms with Crippen LogP contribution in [0.15, 0.2) is 18.7 Å². The Morgan fingerprint density at radius 3 is 2.88 bits per heavy atom. The average Bonchev–Trinajstić information content (AvgIpc) is 2.73. The molecule has 1 aromatic heterocycles. The van der Waals surface area contributed by atoms with Crippen LogP contribution in [0.2, 0.25) is 0 Å².